The molecule has 2 heterocycles. The molecule has 2 saturated heterocycles. The summed E-state index contributed by atoms with van der Waals surface area (Å²) in [5.74, 6) is -1.10. The van der Waals surface area contributed by atoms with Gasteiger partial charge >= 0.3 is 6.03 Å². The fraction of sp³-hybridized carbons (Fsp3) is 0.375. The van der Waals surface area contributed by atoms with E-state index in [1.165, 1.54) is 15.9 Å². The molecule has 0 aliphatic carbocycles. The van der Waals surface area contributed by atoms with Crippen LogP contribution in [0.2, 0.25) is 0 Å². The molecule has 0 aromatic heterocycles. The number of aryl methyl sites for hydroxylation is 3. The van der Waals surface area contributed by atoms with Crippen LogP contribution in [0.5, 0.6) is 0 Å². The van der Waals surface area contributed by atoms with Crippen molar-refractivity contribution in [3.63, 3.8) is 0 Å². The maximum atomic E-state index is 13.9. The zero-order valence-electron chi connectivity index (χ0n) is 18.0. The average Bonchev–Trinajstić information content (AvgIpc) is 2.96. The predicted molar refractivity (Wildman–Crippen MR) is 114 cm³/mol. The van der Waals surface area contributed by atoms with E-state index in [0.717, 1.165) is 16.7 Å². The van der Waals surface area contributed by atoms with E-state index in [2.05, 4.69) is 5.32 Å². The van der Waals surface area contributed by atoms with Gasteiger partial charge in [-0.1, -0.05) is 29.8 Å². The van der Waals surface area contributed by atoms with E-state index in [-0.39, 0.29) is 30.5 Å². The van der Waals surface area contributed by atoms with Gasteiger partial charge < -0.3 is 10.2 Å². The number of piperidine rings is 1. The molecular formula is C24H26FN3O3. The van der Waals surface area contributed by atoms with Crippen LogP contribution in [0.25, 0.3) is 0 Å². The lowest BCUT2D eigenvalue weighted by molar-refractivity contribution is -0.133. The number of likely N-dealkylation sites (tertiary alicyclic amines) is 1. The summed E-state index contributed by atoms with van der Waals surface area (Å²) in [6.45, 7) is 6.28. The fourth-order valence-electron chi connectivity index (χ4n) is 4.37. The van der Waals surface area contributed by atoms with Crippen molar-refractivity contribution in [1.29, 1.82) is 0 Å². The normalized spacial score (nSPS) is 21.0. The zero-order valence-corrected chi connectivity index (χ0v) is 18.0. The van der Waals surface area contributed by atoms with Crippen molar-refractivity contribution < 1.29 is 18.8 Å². The number of imide groups is 1. The highest BCUT2D eigenvalue weighted by molar-refractivity contribution is 6.07. The van der Waals surface area contributed by atoms with Crippen LogP contribution >= 0.6 is 0 Å². The van der Waals surface area contributed by atoms with Crippen LogP contribution in [0.15, 0.2) is 36.4 Å². The summed E-state index contributed by atoms with van der Waals surface area (Å²) in [5.41, 5.74) is 2.55. The first-order valence-electron chi connectivity index (χ1n) is 10.5. The number of rotatable bonds is 3. The van der Waals surface area contributed by atoms with Crippen molar-refractivity contribution >= 4 is 17.8 Å². The van der Waals surface area contributed by atoms with Crippen LogP contribution in [0.4, 0.5) is 9.18 Å². The molecule has 2 aliphatic rings. The molecule has 0 saturated carbocycles. The van der Waals surface area contributed by atoms with Crippen LogP contribution in [-0.4, -0.2) is 46.3 Å². The van der Waals surface area contributed by atoms with Gasteiger partial charge in [0.1, 0.15) is 11.4 Å². The molecule has 1 spiro atoms. The van der Waals surface area contributed by atoms with E-state index in [4.69, 9.17) is 0 Å². The molecule has 0 bridgehead atoms. The zero-order chi connectivity index (χ0) is 22.3. The Morgan fingerprint density at radius 1 is 1.10 bits per heavy atom. The summed E-state index contributed by atoms with van der Waals surface area (Å²) in [6, 6.07) is 9.87. The van der Waals surface area contributed by atoms with Crippen molar-refractivity contribution in [2.45, 2.75) is 45.7 Å². The van der Waals surface area contributed by atoms with Gasteiger partial charge in [0.15, 0.2) is 0 Å². The van der Waals surface area contributed by atoms with E-state index < -0.39 is 17.4 Å². The Balaban J connectivity index is 1.55. The molecule has 2 aliphatic heterocycles. The second kappa shape index (κ2) is 7.80. The molecule has 2 aromatic rings. The average molecular weight is 423 g/mol. The third-order valence-corrected chi connectivity index (χ3v) is 6.28. The lowest BCUT2D eigenvalue weighted by Crippen LogP contribution is -2.59. The number of nitrogens with zero attached hydrogens (tertiary/aromatic N) is 2. The van der Waals surface area contributed by atoms with Crippen molar-refractivity contribution in [1.82, 2.24) is 15.1 Å². The Morgan fingerprint density at radius 3 is 2.58 bits per heavy atom. The molecule has 4 amide bonds. The standard InChI is InChI=1S/C24H26FN3O3/c1-15-5-6-16(2)19(11-15)13-28-22(30)24(26-23(28)31)9-4-10-27(14-24)21(29)18-8-7-17(3)20(25)12-18/h5-8,11-12H,4,9-10,13-14H2,1-3H3,(H,26,31). The molecule has 0 radical (unpaired) electrons. The smallest absolute Gasteiger partial charge is 0.325 e. The first-order valence-corrected chi connectivity index (χ1v) is 10.5. The molecule has 2 fully saturated rings. The molecule has 6 nitrogen and oxygen atoms in total. The van der Waals surface area contributed by atoms with E-state index >= 15 is 0 Å². The summed E-state index contributed by atoms with van der Waals surface area (Å²) in [6.07, 6.45) is 1.04. The van der Waals surface area contributed by atoms with Crippen molar-refractivity contribution in [3.8, 4) is 0 Å². The molecular weight excluding hydrogens is 397 g/mol. The van der Waals surface area contributed by atoms with Crippen LogP contribution in [0.3, 0.4) is 0 Å². The van der Waals surface area contributed by atoms with E-state index in [9.17, 15) is 18.8 Å². The van der Waals surface area contributed by atoms with Crippen LogP contribution in [-0.2, 0) is 11.3 Å². The van der Waals surface area contributed by atoms with Crippen molar-refractivity contribution in [3.05, 3.63) is 70.0 Å². The maximum absolute atomic E-state index is 13.9. The third-order valence-electron chi connectivity index (χ3n) is 6.28. The summed E-state index contributed by atoms with van der Waals surface area (Å²) in [4.78, 5) is 41.8. The summed E-state index contributed by atoms with van der Waals surface area (Å²) in [7, 11) is 0. The summed E-state index contributed by atoms with van der Waals surface area (Å²) in [5, 5.41) is 2.85. The maximum Gasteiger partial charge on any atom is 0.325 e. The number of halogens is 1. The Morgan fingerprint density at radius 2 is 1.84 bits per heavy atom. The van der Waals surface area contributed by atoms with Gasteiger partial charge in [-0.25, -0.2) is 9.18 Å². The minimum absolute atomic E-state index is 0.0786. The quantitative estimate of drug-likeness (QED) is 0.769. The van der Waals surface area contributed by atoms with Crippen LogP contribution < -0.4 is 5.32 Å². The summed E-state index contributed by atoms with van der Waals surface area (Å²) >= 11 is 0. The Labute approximate surface area is 181 Å². The van der Waals surface area contributed by atoms with Gasteiger partial charge in [-0.2, -0.15) is 0 Å². The largest absolute Gasteiger partial charge is 0.336 e. The molecule has 4 rings (SSSR count). The fourth-order valence-corrected chi connectivity index (χ4v) is 4.37. The van der Waals surface area contributed by atoms with Crippen LogP contribution in [0.1, 0.15) is 45.5 Å². The third kappa shape index (κ3) is 3.80. The van der Waals surface area contributed by atoms with E-state index in [1.807, 2.05) is 32.0 Å². The number of amides is 4. The van der Waals surface area contributed by atoms with Gasteiger partial charge in [-0.3, -0.25) is 14.5 Å². The van der Waals surface area contributed by atoms with E-state index in [1.54, 1.807) is 19.1 Å². The number of nitrogens with one attached hydrogen (secondary N) is 1. The van der Waals surface area contributed by atoms with Crippen LogP contribution in [0, 0.1) is 26.6 Å². The molecule has 7 heteroatoms. The highest BCUT2D eigenvalue weighted by Gasteiger charge is 2.53. The molecule has 1 atom stereocenters. The van der Waals surface area contributed by atoms with Gasteiger partial charge in [0.2, 0.25) is 0 Å². The first kappa shape index (κ1) is 21.0. The van der Waals surface area contributed by atoms with E-state index in [0.29, 0.717) is 24.9 Å². The highest BCUT2D eigenvalue weighted by atomic mass is 19.1. The predicted octanol–water partition coefficient (Wildman–Crippen LogP) is 3.48. The lowest BCUT2D eigenvalue weighted by atomic mass is 9.88. The number of hydrogen-bond donors (Lipinski definition) is 1. The second-order valence-electron chi connectivity index (χ2n) is 8.63. The second-order valence-corrected chi connectivity index (χ2v) is 8.63. The molecule has 2 aromatic carbocycles. The number of carbonyl (C=O) groups is 3. The van der Waals surface area contributed by atoms with Gasteiger partial charge in [0.25, 0.3) is 11.8 Å². The van der Waals surface area contributed by atoms with Gasteiger partial charge in [0.05, 0.1) is 13.1 Å². The van der Waals surface area contributed by atoms with Crippen molar-refractivity contribution in [2.75, 3.05) is 13.1 Å². The minimum Gasteiger partial charge on any atom is -0.336 e. The highest BCUT2D eigenvalue weighted by Crippen LogP contribution is 2.30. The van der Waals surface area contributed by atoms with Gasteiger partial charge in [0, 0.05) is 12.1 Å². The van der Waals surface area contributed by atoms with Crippen molar-refractivity contribution in [2.24, 2.45) is 0 Å². The number of carbonyl (C=O) groups excluding carboxylic acids is 3. The number of urea groups is 1. The Hall–Kier alpha value is -3.22. The number of hydrogen-bond acceptors (Lipinski definition) is 3. The molecule has 162 valence electrons. The molecule has 1 N–H and O–H groups in total. The SMILES string of the molecule is Cc1ccc(C)c(CN2C(=O)NC3(CCCN(C(=O)c4ccc(C)c(F)c4)C3)C2=O)c1. The van der Waals surface area contributed by atoms with Gasteiger partial charge in [-0.15, -0.1) is 0 Å². The Bertz CT molecular complexity index is 1080. The number of benzene rings is 2. The van der Waals surface area contributed by atoms with Gasteiger partial charge in [-0.05, 0) is 62.4 Å². The first-order chi connectivity index (χ1) is 14.7. The topological polar surface area (TPSA) is 69.7 Å². The molecule has 31 heavy (non-hydrogen) atoms. The Kier molecular flexibility index (Phi) is 5.29. The molecule has 1 unspecified atom stereocenters. The minimum atomic E-state index is -1.13. The summed E-state index contributed by atoms with van der Waals surface area (Å²) < 4.78 is 13.9. The lowest BCUT2D eigenvalue weighted by Gasteiger charge is -2.38. The monoisotopic (exact) mass is 423 g/mol.